The lowest BCUT2D eigenvalue weighted by atomic mass is 9.82. The van der Waals surface area contributed by atoms with E-state index in [0.717, 1.165) is 50.8 Å². The lowest BCUT2D eigenvalue weighted by Crippen LogP contribution is -2.17. The Morgan fingerprint density at radius 1 is 0.407 bits per heavy atom. The molecule has 0 saturated carbocycles. The van der Waals surface area contributed by atoms with Gasteiger partial charge in [0.25, 0.3) is 0 Å². The van der Waals surface area contributed by atoms with Gasteiger partial charge in [0.1, 0.15) is 5.52 Å². The van der Waals surface area contributed by atoms with Crippen LogP contribution in [0.4, 0.5) is 34.1 Å². The first-order chi connectivity index (χ1) is 28.8. The summed E-state index contributed by atoms with van der Waals surface area (Å²) in [4.78, 5) is 10.0. The second kappa shape index (κ2) is 13.2. The van der Waals surface area contributed by atoms with Gasteiger partial charge < -0.3 is 14.2 Å². The summed E-state index contributed by atoms with van der Waals surface area (Å²) < 4.78 is 6.94. The Kier molecular flexibility index (Phi) is 7.83. The standard InChI is InChI=1S/C55H43N3O/c1-54(2)45-28-17-15-26-43(45)51-46(54)29-18-30-49(51)58(38-23-12-7-13-24-38)50-35-40(34-48-52(50)59-53(56-48)36-19-8-5-9-20-36)57(37-21-10-6-11-22-37)39-31-32-42-41-25-14-16-27-44(41)55(3,4)47(42)33-39/h5-35H,1-4H3. The molecule has 0 aliphatic heterocycles. The average molecular weight is 762 g/mol. The van der Waals surface area contributed by atoms with E-state index in [-0.39, 0.29) is 10.8 Å². The molecule has 9 aromatic rings. The van der Waals surface area contributed by atoms with Crippen molar-refractivity contribution in [3.63, 3.8) is 0 Å². The van der Waals surface area contributed by atoms with E-state index in [0.29, 0.717) is 5.89 Å². The zero-order chi connectivity index (χ0) is 39.9. The van der Waals surface area contributed by atoms with Gasteiger partial charge in [0.05, 0.1) is 17.1 Å². The fourth-order valence-corrected chi connectivity index (χ4v) is 9.76. The van der Waals surface area contributed by atoms with Crippen LogP contribution in [0.25, 0.3) is 44.8 Å². The van der Waals surface area contributed by atoms with Crippen LogP contribution < -0.4 is 9.80 Å². The molecule has 1 heterocycles. The van der Waals surface area contributed by atoms with Crippen molar-refractivity contribution in [2.75, 3.05) is 9.80 Å². The molecular formula is C55H43N3O. The Hall–Kier alpha value is -7.17. The number of para-hydroxylation sites is 2. The second-order valence-electron chi connectivity index (χ2n) is 16.8. The number of benzene rings is 8. The Bertz CT molecular complexity index is 3050. The number of anilines is 6. The third-order valence-electron chi connectivity index (χ3n) is 12.7. The molecule has 284 valence electrons. The predicted octanol–water partition coefficient (Wildman–Crippen LogP) is 15.0. The molecule has 0 unspecified atom stereocenters. The molecule has 59 heavy (non-hydrogen) atoms. The first kappa shape index (κ1) is 35.0. The largest absolute Gasteiger partial charge is 0.434 e. The van der Waals surface area contributed by atoms with Crippen LogP contribution in [0.1, 0.15) is 49.9 Å². The highest BCUT2D eigenvalue weighted by Crippen LogP contribution is 2.56. The summed E-state index contributed by atoms with van der Waals surface area (Å²) in [6.07, 6.45) is 0. The molecule has 0 amide bonds. The fourth-order valence-electron chi connectivity index (χ4n) is 9.76. The lowest BCUT2D eigenvalue weighted by Gasteiger charge is -2.31. The van der Waals surface area contributed by atoms with E-state index in [1.54, 1.807) is 0 Å². The Morgan fingerprint density at radius 3 is 1.68 bits per heavy atom. The topological polar surface area (TPSA) is 32.5 Å². The van der Waals surface area contributed by atoms with E-state index >= 15 is 0 Å². The van der Waals surface area contributed by atoms with Crippen molar-refractivity contribution in [1.82, 2.24) is 4.98 Å². The van der Waals surface area contributed by atoms with Gasteiger partial charge in [0.2, 0.25) is 5.89 Å². The van der Waals surface area contributed by atoms with Crippen LogP contribution in [0.2, 0.25) is 0 Å². The minimum atomic E-state index is -0.167. The normalized spacial score (nSPS) is 14.0. The van der Waals surface area contributed by atoms with Gasteiger partial charge in [-0.1, -0.05) is 149 Å². The monoisotopic (exact) mass is 761 g/mol. The van der Waals surface area contributed by atoms with Crippen LogP contribution >= 0.6 is 0 Å². The van der Waals surface area contributed by atoms with Crippen LogP contribution in [-0.4, -0.2) is 4.98 Å². The lowest BCUT2D eigenvalue weighted by molar-refractivity contribution is 0.620. The molecule has 0 bridgehead atoms. The van der Waals surface area contributed by atoms with Gasteiger partial charge in [0.15, 0.2) is 5.58 Å². The Morgan fingerprint density at radius 2 is 0.966 bits per heavy atom. The van der Waals surface area contributed by atoms with Crippen molar-refractivity contribution in [1.29, 1.82) is 0 Å². The zero-order valence-electron chi connectivity index (χ0n) is 33.6. The predicted molar refractivity (Wildman–Crippen MR) is 244 cm³/mol. The Balaban J connectivity index is 1.20. The third-order valence-corrected chi connectivity index (χ3v) is 12.7. The number of hydrogen-bond acceptors (Lipinski definition) is 4. The first-order valence-corrected chi connectivity index (χ1v) is 20.5. The molecule has 4 nitrogen and oxygen atoms in total. The van der Waals surface area contributed by atoms with Gasteiger partial charge in [-0.25, -0.2) is 4.98 Å². The van der Waals surface area contributed by atoms with Crippen molar-refractivity contribution in [2.24, 2.45) is 0 Å². The van der Waals surface area contributed by atoms with E-state index in [4.69, 9.17) is 9.40 Å². The first-order valence-electron chi connectivity index (χ1n) is 20.5. The smallest absolute Gasteiger partial charge is 0.227 e. The van der Waals surface area contributed by atoms with Crippen LogP contribution in [-0.2, 0) is 10.8 Å². The summed E-state index contributed by atoms with van der Waals surface area (Å²) in [6.45, 7) is 9.36. The van der Waals surface area contributed by atoms with Crippen molar-refractivity contribution in [3.8, 4) is 33.7 Å². The molecule has 8 aromatic carbocycles. The van der Waals surface area contributed by atoms with Gasteiger partial charge in [-0.2, -0.15) is 0 Å². The molecule has 4 heteroatoms. The van der Waals surface area contributed by atoms with Gasteiger partial charge >= 0.3 is 0 Å². The maximum atomic E-state index is 6.94. The molecule has 0 spiro atoms. The third kappa shape index (κ3) is 5.40. The quantitative estimate of drug-likeness (QED) is 0.162. The van der Waals surface area contributed by atoms with Crippen LogP contribution in [0.15, 0.2) is 192 Å². The van der Waals surface area contributed by atoms with Crippen LogP contribution in [0, 0.1) is 0 Å². The minimum Gasteiger partial charge on any atom is -0.434 e. The number of fused-ring (bicyclic) bond motifs is 7. The summed E-state index contributed by atoms with van der Waals surface area (Å²) in [5.41, 5.74) is 18.7. The maximum absolute atomic E-state index is 6.94. The SMILES string of the molecule is CC1(C)c2ccccc2-c2ccc(N(c3ccccc3)c3cc(N(c4ccccc4)c4cccc5c4-c4ccccc4C5(C)C)c4oc(-c5ccccc5)nc4c3)cc21. The van der Waals surface area contributed by atoms with E-state index in [1.165, 1.54) is 44.5 Å². The maximum Gasteiger partial charge on any atom is 0.227 e. The fraction of sp³-hybridized carbons (Fsp3) is 0.109. The molecule has 0 atom stereocenters. The highest BCUT2D eigenvalue weighted by atomic mass is 16.3. The van der Waals surface area contributed by atoms with Crippen LogP contribution in [0.3, 0.4) is 0 Å². The number of nitrogens with zero attached hydrogens (tertiary/aromatic N) is 3. The number of rotatable bonds is 7. The van der Waals surface area contributed by atoms with Crippen molar-refractivity contribution < 1.29 is 4.42 Å². The molecule has 0 N–H and O–H groups in total. The molecule has 1 aromatic heterocycles. The van der Waals surface area contributed by atoms with Crippen molar-refractivity contribution in [2.45, 2.75) is 38.5 Å². The van der Waals surface area contributed by atoms with E-state index < -0.39 is 0 Å². The molecule has 0 saturated heterocycles. The van der Waals surface area contributed by atoms with Crippen molar-refractivity contribution in [3.05, 3.63) is 210 Å². The summed E-state index contributed by atoms with van der Waals surface area (Å²) in [7, 11) is 0. The number of oxazole rings is 1. The van der Waals surface area contributed by atoms with Gasteiger partial charge in [-0.3, -0.25) is 0 Å². The highest BCUT2D eigenvalue weighted by molar-refractivity contribution is 6.03. The van der Waals surface area contributed by atoms with Gasteiger partial charge in [-0.05, 0) is 106 Å². The van der Waals surface area contributed by atoms with Gasteiger partial charge in [-0.15, -0.1) is 0 Å². The highest BCUT2D eigenvalue weighted by Gasteiger charge is 2.39. The molecule has 0 fully saturated rings. The van der Waals surface area contributed by atoms with E-state index in [2.05, 4.69) is 207 Å². The van der Waals surface area contributed by atoms with E-state index in [1.807, 2.05) is 18.2 Å². The van der Waals surface area contributed by atoms with Crippen LogP contribution in [0.5, 0.6) is 0 Å². The summed E-state index contributed by atoms with van der Waals surface area (Å²) >= 11 is 0. The molecule has 2 aliphatic carbocycles. The second-order valence-corrected chi connectivity index (χ2v) is 16.8. The Labute approximate surface area is 345 Å². The summed E-state index contributed by atoms with van der Waals surface area (Å²) in [5.74, 6) is 0.583. The average Bonchev–Trinajstić information content (AvgIpc) is 3.89. The molecular weight excluding hydrogens is 719 g/mol. The number of aromatic nitrogens is 1. The van der Waals surface area contributed by atoms with Gasteiger partial charge in [0, 0.05) is 39.0 Å². The molecule has 2 aliphatic rings. The zero-order valence-corrected chi connectivity index (χ0v) is 33.6. The van der Waals surface area contributed by atoms with Crippen molar-refractivity contribution >= 4 is 45.2 Å². The number of hydrogen-bond donors (Lipinski definition) is 0. The minimum absolute atomic E-state index is 0.155. The summed E-state index contributed by atoms with van der Waals surface area (Å²) in [5, 5.41) is 0. The summed E-state index contributed by atoms with van der Waals surface area (Å²) in [6, 6.07) is 67.5. The molecule has 11 rings (SSSR count). The van der Waals surface area contributed by atoms with E-state index in [9.17, 15) is 0 Å². The molecule has 0 radical (unpaired) electrons.